The Labute approximate surface area is 75.4 Å². The number of nitrogens with one attached hydrogen (secondary N) is 1. The minimum Gasteiger partial charge on any atom is -0.389 e. The van der Waals surface area contributed by atoms with E-state index in [9.17, 15) is 5.11 Å². The summed E-state index contributed by atoms with van der Waals surface area (Å²) in [6, 6.07) is 0. The van der Waals surface area contributed by atoms with Gasteiger partial charge in [0.1, 0.15) is 0 Å². The van der Waals surface area contributed by atoms with Crippen molar-refractivity contribution in [2.75, 3.05) is 6.54 Å². The van der Waals surface area contributed by atoms with Gasteiger partial charge >= 0.3 is 0 Å². The molecule has 0 saturated carbocycles. The van der Waals surface area contributed by atoms with E-state index in [0.29, 0.717) is 6.42 Å². The molecule has 12 heavy (non-hydrogen) atoms. The first kappa shape index (κ1) is 11.5. The van der Waals surface area contributed by atoms with Crippen LogP contribution in [0.5, 0.6) is 0 Å². The number of hydrogen-bond acceptors (Lipinski definition) is 2. The molecule has 0 aliphatic rings. The predicted octanol–water partition coefficient (Wildman–Crippen LogP) is 1.15. The number of rotatable bonds is 4. The summed E-state index contributed by atoms with van der Waals surface area (Å²) in [7, 11) is 0. The molecule has 0 fully saturated rings. The molecule has 0 radical (unpaired) electrons. The molecule has 2 heteroatoms. The Morgan fingerprint density at radius 3 is 2.17 bits per heavy atom. The Bertz CT molecular complexity index is 171. The molecule has 0 aliphatic carbocycles. The molecule has 0 unspecified atom stereocenters. The van der Waals surface area contributed by atoms with Crippen LogP contribution in [0.2, 0.25) is 0 Å². The van der Waals surface area contributed by atoms with Crippen molar-refractivity contribution in [2.45, 2.75) is 45.3 Å². The molecule has 0 heterocycles. The first-order valence-electron chi connectivity index (χ1n) is 4.22. The number of aliphatic hydroxyl groups is 1. The zero-order valence-electron chi connectivity index (χ0n) is 8.44. The van der Waals surface area contributed by atoms with Gasteiger partial charge in [-0.05, 0) is 27.7 Å². The van der Waals surface area contributed by atoms with Gasteiger partial charge in [0.05, 0.1) is 5.60 Å². The van der Waals surface area contributed by atoms with Crippen molar-refractivity contribution in [3.05, 3.63) is 0 Å². The van der Waals surface area contributed by atoms with Crippen molar-refractivity contribution in [3.63, 3.8) is 0 Å². The zero-order valence-corrected chi connectivity index (χ0v) is 8.44. The molecule has 0 amide bonds. The molecule has 0 aromatic rings. The van der Waals surface area contributed by atoms with Crippen molar-refractivity contribution in [1.29, 1.82) is 0 Å². The van der Waals surface area contributed by atoms with E-state index >= 15 is 0 Å². The third kappa shape index (κ3) is 3.25. The largest absolute Gasteiger partial charge is 0.389 e. The lowest BCUT2D eigenvalue weighted by Crippen LogP contribution is -2.55. The van der Waals surface area contributed by atoms with Crippen LogP contribution in [-0.2, 0) is 0 Å². The van der Waals surface area contributed by atoms with Crippen LogP contribution in [0, 0.1) is 12.3 Å². The third-order valence-corrected chi connectivity index (χ3v) is 2.37. The van der Waals surface area contributed by atoms with Crippen LogP contribution in [0.15, 0.2) is 0 Å². The highest BCUT2D eigenvalue weighted by Crippen LogP contribution is 2.19. The van der Waals surface area contributed by atoms with Gasteiger partial charge in [-0.15, -0.1) is 12.3 Å². The zero-order chi connectivity index (χ0) is 9.83. The minimum atomic E-state index is -0.735. The average Bonchev–Trinajstić information content (AvgIpc) is 1.85. The molecule has 0 spiro atoms. The maximum Gasteiger partial charge on any atom is 0.0767 e. The van der Waals surface area contributed by atoms with Gasteiger partial charge in [-0.2, -0.15) is 0 Å². The quantitative estimate of drug-likeness (QED) is 0.489. The second kappa shape index (κ2) is 3.93. The van der Waals surface area contributed by atoms with Crippen LogP contribution < -0.4 is 5.32 Å². The van der Waals surface area contributed by atoms with E-state index < -0.39 is 5.60 Å². The molecule has 0 aromatic heterocycles. The van der Waals surface area contributed by atoms with Crippen molar-refractivity contribution < 1.29 is 5.11 Å². The summed E-state index contributed by atoms with van der Waals surface area (Å²) in [5, 5.41) is 12.9. The van der Waals surface area contributed by atoms with Gasteiger partial charge in [0.25, 0.3) is 0 Å². The van der Waals surface area contributed by atoms with Gasteiger partial charge in [0.15, 0.2) is 0 Å². The summed E-state index contributed by atoms with van der Waals surface area (Å²) in [6.45, 7) is 8.24. The van der Waals surface area contributed by atoms with Crippen LogP contribution in [0.3, 0.4) is 0 Å². The second-order valence-corrected chi connectivity index (χ2v) is 4.06. The van der Waals surface area contributed by atoms with Crippen molar-refractivity contribution in [1.82, 2.24) is 5.32 Å². The Morgan fingerprint density at radius 1 is 1.33 bits per heavy atom. The molecule has 0 saturated heterocycles. The topological polar surface area (TPSA) is 32.3 Å². The standard InChI is InChI=1S/C10H19NO/c1-6-7-8-11-9(2,3)10(4,5)12/h1,11-12H,7-8H2,2-5H3. The van der Waals surface area contributed by atoms with Gasteiger partial charge < -0.3 is 10.4 Å². The Balaban J connectivity index is 3.98. The van der Waals surface area contributed by atoms with Crippen LogP contribution in [-0.4, -0.2) is 22.8 Å². The van der Waals surface area contributed by atoms with Crippen LogP contribution in [0.25, 0.3) is 0 Å². The molecule has 0 aromatic carbocycles. The molecular weight excluding hydrogens is 150 g/mol. The highest BCUT2D eigenvalue weighted by Gasteiger charge is 2.33. The SMILES string of the molecule is C#CCCNC(C)(C)C(C)(C)O. The molecule has 0 atom stereocenters. The lowest BCUT2D eigenvalue weighted by atomic mass is 9.86. The molecule has 70 valence electrons. The Morgan fingerprint density at radius 2 is 1.83 bits per heavy atom. The summed E-state index contributed by atoms with van der Waals surface area (Å²) in [6.07, 6.45) is 5.81. The van der Waals surface area contributed by atoms with Gasteiger partial charge in [-0.3, -0.25) is 0 Å². The fraction of sp³-hybridized carbons (Fsp3) is 0.800. The summed E-state index contributed by atoms with van der Waals surface area (Å²) in [5.41, 5.74) is -1.04. The summed E-state index contributed by atoms with van der Waals surface area (Å²) < 4.78 is 0. The van der Waals surface area contributed by atoms with Crippen LogP contribution in [0.1, 0.15) is 34.1 Å². The van der Waals surface area contributed by atoms with Crippen LogP contribution in [0.4, 0.5) is 0 Å². The van der Waals surface area contributed by atoms with Gasteiger partial charge in [0, 0.05) is 18.5 Å². The Kier molecular flexibility index (Phi) is 3.76. The third-order valence-electron chi connectivity index (χ3n) is 2.37. The first-order valence-corrected chi connectivity index (χ1v) is 4.22. The second-order valence-electron chi connectivity index (χ2n) is 4.06. The molecular formula is C10H19NO. The van der Waals surface area contributed by atoms with Crippen LogP contribution >= 0.6 is 0 Å². The van der Waals surface area contributed by atoms with Crippen molar-refractivity contribution >= 4 is 0 Å². The maximum absolute atomic E-state index is 9.73. The molecule has 2 N–H and O–H groups in total. The molecule has 0 aliphatic heterocycles. The van der Waals surface area contributed by atoms with E-state index in [-0.39, 0.29) is 5.54 Å². The van der Waals surface area contributed by atoms with Gasteiger partial charge in [-0.25, -0.2) is 0 Å². The average molecular weight is 169 g/mol. The lowest BCUT2D eigenvalue weighted by molar-refractivity contribution is -0.00394. The highest BCUT2D eigenvalue weighted by atomic mass is 16.3. The van der Waals surface area contributed by atoms with Gasteiger partial charge in [-0.1, -0.05) is 0 Å². The number of terminal acetylenes is 1. The van der Waals surface area contributed by atoms with E-state index in [1.54, 1.807) is 13.8 Å². The van der Waals surface area contributed by atoms with E-state index in [4.69, 9.17) is 6.42 Å². The normalized spacial score (nSPS) is 12.7. The highest BCUT2D eigenvalue weighted by molar-refractivity contribution is 4.94. The molecule has 0 rings (SSSR count). The smallest absolute Gasteiger partial charge is 0.0767 e. The first-order chi connectivity index (χ1) is 5.31. The van der Waals surface area contributed by atoms with Crippen molar-refractivity contribution in [2.24, 2.45) is 0 Å². The molecule has 0 bridgehead atoms. The van der Waals surface area contributed by atoms with Crippen molar-refractivity contribution in [3.8, 4) is 12.3 Å². The molecule has 2 nitrogen and oxygen atoms in total. The summed E-state index contributed by atoms with van der Waals surface area (Å²) in [5.74, 6) is 2.55. The minimum absolute atomic E-state index is 0.302. The van der Waals surface area contributed by atoms with E-state index in [0.717, 1.165) is 6.54 Å². The predicted molar refractivity (Wildman–Crippen MR) is 51.8 cm³/mol. The fourth-order valence-electron chi connectivity index (χ4n) is 0.663. The van der Waals surface area contributed by atoms with Gasteiger partial charge in [0.2, 0.25) is 0 Å². The van der Waals surface area contributed by atoms with E-state index in [1.165, 1.54) is 0 Å². The number of hydrogen-bond donors (Lipinski definition) is 2. The summed E-state index contributed by atoms with van der Waals surface area (Å²) in [4.78, 5) is 0. The maximum atomic E-state index is 9.73. The Hall–Kier alpha value is -0.520. The van der Waals surface area contributed by atoms with E-state index in [1.807, 2.05) is 13.8 Å². The lowest BCUT2D eigenvalue weighted by Gasteiger charge is -2.38. The monoisotopic (exact) mass is 169 g/mol. The fourth-order valence-corrected chi connectivity index (χ4v) is 0.663. The summed E-state index contributed by atoms with van der Waals surface area (Å²) >= 11 is 0. The van der Waals surface area contributed by atoms with E-state index in [2.05, 4.69) is 11.2 Å².